The van der Waals surface area contributed by atoms with Crippen molar-refractivity contribution in [2.45, 2.75) is 20.1 Å². The maximum atomic E-state index is 11.0. The van der Waals surface area contributed by atoms with Crippen LogP contribution >= 0.6 is 44.2 Å². The van der Waals surface area contributed by atoms with Gasteiger partial charge in [-0.05, 0) is 13.8 Å². The van der Waals surface area contributed by atoms with Crippen LogP contribution in [0.3, 0.4) is 0 Å². The number of Topliss-reactive ketones (excluding diaryl/α,β-unsaturated/α-hetero) is 1. The second-order valence-corrected chi connectivity index (χ2v) is 7.20. The van der Waals surface area contributed by atoms with Gasteiger partial charge < -0.3 is 9.47 Å². The van der Waals surface area contributed by atoms with Crippen LogP contribution in [0.25, 0.3) is 0 Å². The Balaban J connectivity index is 0. The van der Waals surface area contributed by atoms with E-state index in [4.69, 9.17) is 9.47 Å². The molecule has 0 aromatic rings. The fourth-order valence-corrected chi connectivity index (χ4v) is 0.864. The molecule has 14 heavy (non-hydrogen) atoms. The van der Waals surface area contributed by atoms with Gasteiger partial charge in [0, 0.05) is 13.2 Å². The van der Waals surface area contributed by atoms with Crippen molar-refractivity contribution in [3.63, 3.8) is 0 Å². The summed E-state index contributed by atoms with van der Waals surface area (Å²) < 4.78 is 10.1. The van der Waals surface area contributed by atoms with E-state index in [1.165, 1.54) is 11.3 Å². The first-order valence-corrected chi connectivity index (χ1v) is 9.58. The number of ketones is 1. The van der Waals surface area contributed by atoms with Crippen LogP contribution in [0, 0.1) is 0 Å². The molecule has 7 heteroatoms. The van der Waals surface area contributed by atoms with E-state index < -0.39 is 6.29 Å². The summed E-state index contributed by atoms with van der Waals surface area (Å²) in [5.41, 5.74) is 0. The summed E-state index contributed by atoms with van der Waals surface area (Å²) >= 11 is 10.4. The molecule has 0 spiro atoms. The molecule has 0 bridgehead atoms. The van der Waals surface area contributed by atoms with Crippen molar-refractivity contribution < 1.29 is 25.6 Å². The number of carbonyl (C=O) groups is 1. The number of alkyl halides is 1. The average molecular weight is 448 g/mol. The van der Waals surface area contributed by atoms with Crippen molar-refractivity contribution in [2.24, 2.45) is 0 Å². The van der Waals surface area contributed by atoms with Crippen molar-refractivity contribution in [2.75, 3.05) is 18.5 Å². The molecular formula is C7H13Br3CuO3. The molecule has 0 aliphatic rings. The van der Waals surface area contributed by atoms with Crippen molar-refractivity contribution in [1.29, 1.82) is 0 Å². The molecule has 3 nitrogen and oxygen atoms in total. The predicted octanol–water partition coefficient (Wildman–Crippen LogP) is 3.04. The maximum absolute atomic E-state index is 11.0. The first kappa shape index (κ1) is 17.9. The predicted molar refractivity (Wildman–Crippen MR) is 63.7 cm³/mol. The molecule has 0 radical (unpaired) electrons. The topological polar surface area (TPSA) is 35.5 Å². The van der Waals surface area contributed by atoms with Gasteiger partial charge in [-0.15, -0.1) is 0 Å². The van der Waals surface area contributed by atoms with Crippen LogP contribution in [-0.2, 0) is 25.6 Å². The zero-order chi connectivity index (χ0) is 11.4. The number of hydrogen-bond donors (Lipinski definition) is 0. The summed E-state index contributed by atoms with van der Waals surface area (Å²) in [6.45, 7) is 4.63. The van der Waals surface area contributed by atoms with E-state index in [9.17, 15) is 4.79 Å². The fourth-order valence-electron chi connectivity index (χ4n) is 0.600. The summed E-state index contributed by atoms with van der Waals surface area (Å²) in [6.07, 6.45) is -0.690. The third-order valence-electron chi connectivity index (χ3n) is 1.03. The van der Waals surface area contributed by atoms with Gasteiger partial charge in [0.1, 0.15) is 0 Å². The Bertz CT molecular complexity index is 131. The van der Waals surface area contributed by atoms with Gasteiger partial charge in [-0.3, -0.25) is 4.79 Å². The molecule has 0 aliphatic carbocycles. The van der Waals surface area contributed by atoms with E-state index in [0.29, 0.717) is 13.2 Å². The second-order valence-electron chi connectivity index (χ2n) is 1.89. The Morgan fingerprint density at radius 1 is 1.29 bits per heavy atom. The quantitative estimate of drug-likeness (QED) is 0.356. The summed E-state index contributed by atoms with van der Waals surface area (Å²) in [5, 5.41) is 0.275. The summed E-state index contributed by atoms with van der Waals surface area (Å²) in [6, 6.07) is 0. The van der Waals surface area contributed by atoms with Crippen LogP contribution in [0.5, 0.6) is 0 Å². The Morgan fingerprint density at radius 2 is 1.64 bits per heavy atom. The van der Waals surface area contributed by atoms with Crippen LogP contribution in [0.15, 0.2) is 0 Å². The van der Waals surface area contributed by atoms with E-state index >= 15 is 0 Å². The number of halogens is 3. The average Bonchev–Trinajstić information content (AvgIpc) is 2.17. The number of ether oxygens (including phenoxy) is 2. The molecule has 0 aromatic heterocycles. The third kappa shape index (κ3) is 11.6. The van der Waals surface area contributed by atoms with Gasteiger partial charge in [0.2, 0.25) is 6.29 Å². The van der Waals surface area contributed by atoms with Crippen molar-refractivity contribution >= 4 is 49.9 Å². The molecule has 0 atom stereocenters. The van der Waals surface area contributed by atoms with E-state index in [-0.39, 0.29) is 11.1 Å². The monoisotopic (exact) mass is 445 g/mol. The minimum absolute atomic E-state index is 0.0753. The van der Waals surface area contributed by atoms with Gasteiger partial charge in [0.15, 0.2) is 5.78 Å². The van der Waals surface area contributed by atoms with Gasteiger partial charge in [-0.1, -0.05) is 15.9 Å². The van der Waals surface area contributed by atoms with Crippen LogP contribution in [-0.4, -0.2) is 30.6 Å². The summed E-state index contributed by atoms with van der Waals surface area (Å²) in [7, 11) is 0. The molecule has 0 N–H and O–H groups in total. The molecule has 0 saturated heterocycles. The molecule has 0 aliphatic heterocycles. The molecule has 0 saturated carbocycles. The molecule has 0 fully saturated rings. The van der Waals surface area contributed by atoms with Crippen molar-refractivity contribution in [3.05, 3.63) is 0 Å². The zero-order valence-corrected chi connectivity index (χ0v) is 13.6. The molecule has 0 amide bonds. The van der Waals surface area contributed by atoms with Crippen LogP contribution in [0.2, 0.25) is 0 Å². The number of carbonyl (C=O) groups excluding carboxylic acids is 1. The van der Waals surface area contributed by atoms with Crippen LogP contribution in [0.4, 0.5) is 0 Å². The Hall–Kier alpha value is 1.55. The summed E-state index contributed by atoms with van der Waals surface area (Å²) in [5.74, 6) is -0.0753. The standard InChI is InChI=1S/C7H13BrO3.2BrH.Cu/c1-3-10-7(11-4-2)6(9)5-8;;;/h7H,3-5H2,1-2H3;2*1H;/q;;;+2/p-2. The zero-order valence-electron chi connectivity index (χ0n) is 7.86. The van der Waals surface area contributed by atoms with Crippen molar-refractivity contribution in [3.8, 4) is 0 Å². The molecule has 91 valence electrons. The van der Waals surface area contributed by atoms with Gasteiger partial charge in [-0.2, -0.15) is 0 Å². The van der Waals surface area contributed by atoms with Crippen LogP contribution < -0.4 is 0 Å². The number of rotatable bonds is 6. The molecular weight excluding hydrogens is 435 g/mol. The Labute approximate surface area is 113 Å². The molecule has 0 unspecified atom stereocenters. The van der Waals surface area contributed by atoms with Gasteiger partial charge in [0.05, 0.1) is 5.33 Å². The Morgan fingerprint density at radius 3 is 1.86 bits per heavy atom. The van der Waals surface area contributed by atoms with Crippen LogP contribution in [0.1, 0.15) is 13.8 Å². The van der Waals surface area contributed by atoms with Crippen molar-refractivity contribution in [1.82, 2.24) is 0 Å². The van der Waals surface area contributed by atoms with Gasteiger partial charge >= 0.3 is 39.6 Å². The third-order valence-corrected chi connectivity index (χ3v) is 1.58. The van der Waals surface area contributed by atoms with E-state index in [1.54, 1.807) is 0 Å². The van der Waals surface area contributed by atoms with Gasteiger partial charge in [0.25, 0.3) is 0 Å². The molecule has 0 heterocycles. The van der Waals surface area contributed by atoms with Gasteiger partial charge in [-0.25, -0.2) is 0 Å². The normalized spacial score (nSPS) is 9.86. The SMILES string of the molecule is CCOC(OCC)C(=O)CBr.[Br][Cu][Br]. The first-order chi connectivity index (χ1) is 6.67. The first-order valence-electron chi connectivity index (χ1n) is 3.80. The molecule has 0 aromatic carbocycles. The second kappa shape index (κ2) is 14.5. The Kier molecular flexibility index (Phi) is 18.6. The summed E-state index contributed by atoms with van der Waals surface area (Å²) in [4.78, 5) is 11.0. The van der Waals surface area contributed by atoms with E-state index in [2.05, 4.69) is 44.2 Å². The number of hydrogen-bond acceptors (Lipinski definition) is 3. The minimum atomic E-state index is -0.690. The fraction of sp³-hybridized carbons (Fsp3) is 0.857. The molecule has 0 rings (SSSR count). The van der Waals surface area contributed by atoms with E-state index in [1.807, 2.05) is 13.8 Å². The van der Waals surface area contributed by atoms with E-state index in [0.717, 1.165) is 0 Å².